The van der Waals surface area contributed by atoms with Crippen molar-refractivity contribution in [1.82, 2.24) is 24.7 Å². The highest BCUT2D eigenvalue weighted by Gasteiger charge is 2.15. The summed E-state index contributed by atoms with van der Waals surface area (Å²) in [5, 5.41) is 12.4. The minimum atomic E-state index is 0.356. The number of benzene rings is 1. The SMILES string of the molecule is COc1cc(Cl)ccc1-c1nc(-c2ccn3cnnc3c2)no1. The van der Waals surface area contributed by atoms with Crippen LogP contribution in [-0.2, 0) is 0 Å². The van der Waals surface area contributed by atoms with Gasteiger partial charge in [0.25, 0.3) is 5.89 Å². The number of pyridine rings is 1. The van der Waals surface area contributed by atoms with E-state index in [1.165, 1.54) is 0 Å². The van der Waals surface area contributed by atoms with Gasteiger partial charge in [0.1, 0.15) is 12.1 Å². The maximum Gasteiger partial charge on any atom is 0.262 e. The van der Waals surface area contributed by atoms with Gasteiger partial charge in [0.15, 0.2) is 5.65 Å². The van der Waals surface area contributed by atoms with E-state index in [-0.39, 0.29) is 0 Å². The number of hydrogen-bond acceptors (Lipinski definition) is 6. The molecule has 0 radical (unpaired) electrons. The molecule has 0 unspecified atom stereocenters. The standard InChI is InChI=1S/C15H10ClN5O2/c1-22-12-7-10(16)2-3-11(12)15-18-14(20-23-15)9-4-5-21-8-17-19-13(21)6-9/h2-8H,1H3. The lowest BCUT2D eigenvalue weighted by Gasteiger charge is -2.04. The van der Waals surface area contributed by atoms with Gasteiger partial charge in [0.2, 0.25) is 5.82 Å². The molecule has 0 atom stereocenters. The Hall–Kier alpha value is -2.93. The van der Waals surface area contributed by atoms with Crippen molar-refractivity contribution in [3.63, 3.8) is 0 Å². The molecule has 0 bridgehead atoms. The highest BCUT2D eigenvalue weighted by molar-refractivity contribution is 6.30. The highest BCUT2D eigenvalue weighted by Crippen LogP contribution is 2.32. The van der Waals surface area contributed by atoms with E-state index < -0.39 is 0 Å². The van der Waals surface area contributed by atoms with Gasteiger partial charge in [-0.3, -0.25) is 4.40 Å². The van der Waals surface area contributed by atoms with Gasteiger partial charge >= 0.3 is 0 Å². The fraction of sp³-hybridized carbons (Fsp3) is 0.0667. The van der Waals surface area contributed by atoms with Gasteiger partial charge in [0.05, 0.1) is 12.7 Å². The lowest BCUT2D eigenvalue weighted by atomic mass is 10.2. The van der Waals surface area contributed by atoms with Crippen molar-refractivity contribution >= 4 is 17.2 Å². The molecule has 0 saturated carbocycles. The van der Waals surface area contributed by atoms with E-state index in [9.17, 15) is 0 Å². The summed E-state index contributed by atoms with van der Waals surface area (Å²) in [5.41, 5.74) is 2.17. The maximum atomic E-state index is 5.97. The monoisotopic (exact) mass is 327 g/mol. The Balaban J connectivity index is 1.76. The molecule has 114 valence electrons. The fourth-order valence-electron chi connectivity index (χ4n) is 2.25. The van der Waals surface area contributed by atoms with Crippen LogP contribution >= 0.6 is 11.6 Å². The Bertz CT molecular complexity index is 994. The van der Waals surface area contributed by atoms with Crippen molar-refractivity contribution in [1.29, 1.82) is 0 Å². The second-order valence-corrected chi connectivity index (χ2v) is 5.22. The predicted octanol–water partition coefficient (Wildman–Crippen LogP) is 3.11. The van der Waals surface area contributed by atoms with E-state index in [1.54, 1.807) is 36.0 Å². The quantitative estimate of drug-likeness (QED) is 0.575. The van der Waals surface area contributed by atoms with Crippen LogP contribution in [0.15, 0.2) is 47.4 Å². The number of hydrogen-bond donors (Lipinski definition) is 0. The van der Waals surface area contributed by atoms with Crippen LogP contribution in [0, 0.1) is 0 Å². The van der Waals surface area contributed by atoms with E-state index in [1.807, 2.05) is 18.3 Å². The van der Waals surface area contributed by atoms with Gasteiger partial charge in [-0.25, -0.2) is 0 Å². The van der Waals surface area contributed by atoms with Crippen LogP contribution in [0.25, 0.3) is 28.5 Å². The second kappa shape index (κ2) is 5.36. The molecule has 3 aromatic heterocycles. The molecule has 23 heavy (non-hydrogen) atoms. The minimum Gasteiger partial charge on any atom is -0.496 e. The van der Waals surface area contributed by atoms with Crippen LogP contribution in [0.5, 0.6) is 5.75 Å². The Morgan fingerprint density at radius 3 is 3.00 bits per heavy atom. The van der Waals surface area contributed by atoms with Gasteiger partial charge in [-0.15, -0.1) is 10.2 Å². The van der Waals surface area contributed by atoms with E-state index in [2.05, 4.69) is 20.3 Å². The summed E-state index contributed by atoms with van der Waals surface area (Å²) in [7, 11) is 1.56. The fourth-order valence-corrected chi connectivity index (χ4v) is 2.41. The average Bonchev–Trinajstić information content (AvgIpc) is 3.23. The topological polar surface area (TPSA) is 78.3 Å². The van der Waals surface area contributed by atoms with E-state index in [0.29, 0.717) is 33.7 Å². The number of methoxy groups -OCH3 is 1. The predicted molar refractivity (Wildman–Crippen MR) is 83.3 cm³/mol. The summed E-state index contributed by atoms with van der Waals surface area (Å²) in [4.78, 5) is 4.42. The third-order valence-corrected chi connectivity index (χ3v) is 3.61. The van der Waals surface area contributed by atoms with Crippen molar-refractivity contribution in [3.05, 3.63) is 47.9 Å². The van der Waals surface area contributed by atoms with Crippen molar-refractivity contribution < 1.29 is 9.26 Å². The molecule has 4 aromatic rings. The van der Waals surface area contributed by atoms with Crippen LogP contribution < -0.4 is 4.74 Å². The summed E-state index contributed by atoms with van der Waals surface area (Å²) in [6, 6.07) is 8.92. The van der Waals surface area contributed by atoms with Crippen molar-refractivity contribution in [3.8, 4) is 28.6 Å². The van der Waals surface area contributed by atoms with Crippen LogP contribution in [0.4, 0.5) is 0 Å². The number of ether oxygens (including phenoxy) is 1. The summed E-state index contributed by atoms with van der Waals surface area (Å²) < 4.78 is 12.5. The van der Waals surface area contributed by atoms with Gasteiger partial charge in [-0.1, -0.05) is 16.8 Å². The first-order chi connectivity index (χ1) is 11.2. The number of rotatable bonds is 3. The number of nitrogens with zero attached hydrogens (tertiary/aromatic N) is 5. The van der Waals surface area contributed by atoms with Crippen LogP contribution in [0.2, 0.25) is 5.02 Å². The Morgan fingerprint density at radius 2 is 2.13 bits per heavy atom. The number of halogens is 1. The van der Waals surface area contributed by atoms with Gasteiger partial charge in [-0.2, -0.15) is 4.98 Å². The molecule has 0 aliphatic heterocycles. The zero-order valence-corrected chi connectivity index (χ0v) is 12.7. The molecular formula is C15H10ClN5O2. The molecule has 1 aromatic carbocycles. The van der Waals surface area contributed by atoms with Gasteiger partial charge in [0, 0.05) is 16.8 Å². The van der Waals surface area contributed by atoms with Gasteiger partial charge in [-0.05, 0) is 30.3 Å². The third-order valence-electron chi connectivity index (χ3n) is 3.38. The number of fused-ring (bicyclic) bond motifs is 1. The molecule has 0 amide bonds. The number of aromatic nitrogens is 5. The highest BCUT2D eigenvalue weighted by atomic mass is 35.5. The molecule has 4 rings (SSSR count). The Morgan fingerprint density at radius 1 is 1.22 bits per heavy atom. The molecule has 0 fully saturated rings. The van der Waals surface area contributed by atoms with Crippen LogP contribution in [0.1, 0.15) is 0 Å². The summed E-state index contributed by atoms with van der Waals surface area (Å²) >= 11 is 5.97. The van der Waals surface area contributed by atoms with Crippen molar-refractivity contribution in [2.24, 2.45) is 0 Å². The summed E-state index contributed by atoms with van der Waals surface area (Å²) in [6.45, 7) is 0. The van der Waals surface area contributed by atoms with Crippen molar-refractivity contribution in [2.45, 2.75) is 0 Å². The van der Waals surface area contributed by atoms with Crippen molar-refractivity contribution in [2.75, 3.05) is 7.11 Å². The second-order valence-electron chi connectivity index (χ2n) is 4.78. The molecule has 0 aliphatic rings. The largest absolute Gasteiger partial charge is 0.496 e. The lowest BCUT2D eigenvalue weighted by Crippen LogP contribution is -1.89. The molecule has 7 nitrogen and oxygen atoms in total. The summed E-state index contributed by atoms with van der Waals surface area (Å²) in [5.74, 6) is 1.39. The summed E-state index contributed by atoms with van der Waals surface area (Å²) in [6.07, 6.45) is 3.46. The normalized spacial score (nSPS) is 11.0. The molecule has 8 heteroatoms. The Labute approximate surface area is 135 Å². The van der Waals surface area contributed by atoms with E-state index in [0.717, 1.165) is 5.56 Å². The minimum absolute atomic E-state index is 0.356. The van der Waals surface area contributed by atoms with Crippen LogP contribution in [0.3, 0.4) is 0 Å². The van der Waals surface area contributed by atoms with Gasteiger partial charge < -0.3 is 9.26 Å². The Kier molecular flexibility index (Phi) is 3.20. The molecule has 0 N–H and O–H groups in total. The average molecular weight is 328 g/mol. The smallest absolute Gasteiger partial charge is 0.262 e. The lowest BCUT2D eigenvalue weighted by molar-refractivity contribution is 0.405. The maximum absolute atomic E-state index is 5.97. The molecular weight excluding hydrogens is 318 g/mol. The van der Waals surface area contributed by atoms with Crippen LogP contribution in [-0.4, -0.2) is 31.8 Å². The molecule has 0 spiro atoms. The molecule has 0 aliphatic carbocycles. The first-order valence-corrected chi connectivity index (χ1v) is 7.10. The third kappa shape index (κ3) is 2.40. The molecule has 0 saturated heterocycles. The van der Waals surface area contributed by atoms with E-state index in [4.69, 9.17) is 20.9 Å². The first-order valence-electron chi connectivity index (χ1n) is 6.72. The molecule has 3 heterocycles. The zero-order chi connectivity index (χ0) is 15.8. The van der Waals surface area contributed by atoms with E-state index >= 15 is 0 Å². The first kappa shape index (κ1) is 13.7. The zero-order valence-electron chi connectivity index (χ0n) is 12.0.